The SMILES string of the molecule is CC(=O)N1C[C@@H]2C[C@H](C1)c1cc(-c3cnc4nccn4c3)cc(=O)n1C2. The lowest BCUT2D eigenvalue weighted by Crippen LogP contribution is -2.48. The molecule has 5 rings (SSSR count). The van der Waals surface area contributed by atoms with Gasteiger partial charge < -0.3 is 9.47 Å². The Kier molecular flexibility index (Phi) is 3.25. The van der Waals surface area contributed by atoms with Gasteiger partial charge in [0, 0.05) is 74.6 Å². The van der Waals surface area contributed by atoms with Crippen LogP contribution in [-0.2, 0) is 11.3 Å². The first-order chi connectivity index (χ1) is 12.6. The summed E-state index contributed by atoms with van der Waals surface area (Å²) in [5.41, 5.74) is 2.80. The molecule has 0 unspecified atom stereocenters. The molecule has 1 amide bonds. The Balaban J connectivity index is 1.60. The lowest BCUT2D eigenvalue weighted by atomic mass is 9.82. The summed E-state index contributed by atoms with van der Waals surface area (Å²) < 4.78 is 3.74. The van der Waals surface area contributed by atoms with Crippen LogP contribution in [-0.4, -0.2) is 42.8 Å². The standard InChI is InChI=1S/C19H19N5O2/c1-12(25)23-8-13-4-15(10-23)17-5-14(6-18(26)24(17)9-13)16-7-21-19-20-2-3-22(19)11-16/h2-3,5-7,11,13,15H,4,8-10H2,1H3/t13-,15+/m0/s1. The molecule has 132 valence electrons. The van der Waals surface area contributed by atoms with Crippen molar-refractivity contribution in [1.82, 2.24) is 23.8 Å². The van der Waals surface area contributed by atoms with Crippen LogP contribution in [0.1, 0.15) is 25.0 Å². The number of hydrogen-bond donors (Lipinski definition) is 0. The highest BCUT2D eigenvalue weighted by atomic mass is 16.2. The monoisotopic (exact) mass is 349 g/mol. The number of hydrogen-bond acceptors (Lipinski definition) is 4. The van der Waals surface area contributed by atoms with Crippen molar-refractivity contribution in [2.45, 2.75) is 25.8 Å². The molecule has 5 heterocycles. The number of piperidine rings is 1. The predicted octanol–water partition coefficient (Wildman–Crippen LogP) is 1.52. The second-order valence-electron chi connectivity index (χ2n) is 7.32. The zero-order valence-corrected chi connectivity index (χ0v) is 14.5. The highest BCUT2D eigenvalue weighted by molar-refractivity contribution is 5.73. The van der Waals surface area contributed by atoms with Crippen LogP contribution < -0.4 is 5.56 Å². The maximum atomic E-state index is 12.8. The van der Waals surface area contributed by atoms with Crippen molar-refractivity contribution in [3.05, 3.63) is 53.0 Å². The summed E-state index contributed by atoms with van der Waals surface area (Å²) in [6.07, 6.45) is 8.27. The smallest absolute Gasteiger partial charge is 0.251 e. The fourth-order valence-electron chi connectivity index (χ4n) is 4.35. The van der Waals surface area contributed by atoms with Crippen molar-refractivity contribution in [3.63, 3.8) is 0 Å². The van der Waals surface area contributed by atoms with Gasteiger partial charge in [0.05, 0.1) is 0 Å². The molecule has 1 saturated heterocycles. The topological polar surface area (TPSA) is 72.5 Å². The van der Waals surface area contributed by atoms with Crippen LogP contribution in [0.25, 0.3) is 16.9 Å². The van der Waals surface area contributed by atoms with E-state index in [2.05, 4.69) is 16.0 Å². The van der Waals surface area contributed by atoms with Crippen LogP contribution in [0.15, 0.2) is 41.7 Å². The first-order valence-corrected chi connectivity index (χ1v) is 8.88. The highest BCUT2D eigenvalue weighted by Gasteiger charge is 2.35. The summed E-state index contributed by atoms with van der Waals surface area (Å²) in [5.74, 6) is 1.32. The Bertz CT molecular complexity index is 1080. The summed E-state index contributed by atoms with van der Waals surface area (Å²) in [4.78, 5) is 35.0. The number of aromatic nitrogens is 4. The van der Waals surface area contributed by atoms with E-state index in [1.54, 1.807) is 25.4 Å². The lowest BCUT2D eigenvalue weighted by molar-refractivity contribution is -0.131. The molecule has 26 heavy (non-hydrogen) atoms. The summed E-state index contributed by atoms with van der Waals surface area (Å²) in [6.45, 7) is 3.75. The minimum atomic E-state index is 0.0224. The van der Waals surface area contributed by atoms with Crippen molar-refractivity contribution in [1.29, 1.82) is 0 Å². The quantitative estimate of drug-likeness (QED) is 0.668. The van der Waals surface area contributed by atoms with E-state index in [0.29, 0.717) is 24.8 Å². The van der Waals surface area contributed by atoms with Gasteiger partial charge in [0.1, 0.15) is 0 Å². The zero-order valence-electron chi connectivity index (χ0n) is 14.5. The van der Waals surface area contributed by atoms with Gasteiger partial charge in [-0.3, -0.25) is 14.0 Å². The molecule has 3 aromatic rings. The summed E-state index contributed by atoms with van der Waals surface area (Å²) >= 11 is 0. The molecule has 0 spiro atoms. The Morgan fingerprint density at radius 1 is 1.15 bits per heavy atom. The van der Waals surface area contributed by atoms with Gasteiger partial charge in [-0.1, -0.05) is 0 Å². The minimum Gasteiger partial charge on any atom is -0.342 e. The van der Waals surface area contributed by atoms with Crippen molar-refractivity contribution in [2.75, 3.05) is 13.1 Å². The van der Waals surface area contributed by atoms with Crippen LogP contribution in [0.5, 0.6) is 0 Å². The third-order valence-corrected chi connectivity index (χ3v) is 5.58. The van der Waals surface area contributed by atoms with Crippen LogP contribution >= 0.6 is 0 Å². The number of fused-ring (bicyclic) bond motifs is 5. The average Bonchev–Trinajstić information content (AvgIpc) is 3.10. The Morgan fingerprint density at radius 3 is 2.88 bits per heavy atom. The lowest BCUT2D eigenvalue weighted by Gasteiger charge is -2.42. The van der Waals surface area contributed by atoms with E-state index in [0.717, 1.165) is 29.8 Å². The third kappa shape index (κ3) is 2.34. The number of imidazole rings is 1. The summed E-state index contributed by atoms with van der Waals surface area (Å²) in [7, 11) is 0. The molecule has 1 fully saturated rings. The number of pyridine rings is 1. The van der Waals surface area contributed by atoms with Gasteiger partial charge in [-0.25, -0.2) is 9.97 Å². The first-order valence-electron chi connectivity index (χ1n) is 8.88. The number of likely N-dealkylation sites (tertiary alicyclic amines) is 1. The van der Waals surface area contributed by atoms with Crippen molar-refractivity contribution >= 4 is 11.7 Å². The molecular formula is C19H19N5O2. The van der Waals surface area contributed by atoms with Gasteiger partial charge in [0.15, 0.2) is 0 Å². The number of carbonyl (C=O) groups excluding carboxylic acids is 1. The number of nitrogens with zero attached hydrogens (tertiary/aromatic N) is 5. The second kappa shape index (κ2) is 5.52. The molecule has 0 radical (unpaired) electrons. The number of carbonyl (C=O) groups is 1. The molecule has 2 atom stereocenters. The van der Waals surface area contributed by atoms with Gasteiger partial charge in [-0.2, -0.15) is 0 Å². The van der Waals surface area contributed by atoms with Crippen LogP contribution in [0.2, 0.25) is 0 Å². The van der Waals surface area contributed by atoms with E-state index in [-0.39, 0.29) is 17.4 Å². The Labute approximate surface area is 149 Å². The van der Waals surface area contributed by atoms with Gasteiger partial charge in [-0.05, 0) is 24.0 Å². The van der Waals surface area contributed by atoms with E-state index in [1.165, 1.54) is 0 Å². The van der Waals surface area contributed by atoms with Gasteiger partial charge >= 0.3 is 0 Å². The minimum absolute atomic E-state index is 0.0224. The summed E-state index contributed by atoms with van der Waals surface area (Å²) in [5, 5.41) is 0. The van der Waals surface area contributed by atoms with Gasteiger partial charge in [-0.15, -0.1) is 0 Å². The van der Waals surface area contributed by atoms with Crippen molar-refractivity contribution < 1.29 is 4.79 Å². The molecular weight excluding hydrogens is 330 g/mol. The molecule has 0 saturated carbocycles. The van der Waals surface area contributed by atoms with E-state index in [1.807, 2.05) is 26.3 Å². The highest BCUT2D eigenvalue weighted by Crippen LogP contribution is 2.36. The molecule has 7 nitrogen and oxygen atoms in total. The fourth-order valence-corrected chi connectivity index (χ4v) is 4.35. The number of amides is 1. The van der Waals surface area contributed by atoms with E-state index < -0.39 is 0 Å². The first kappa shape index (κ1) is 15.3. The molecule has 2 aliphatic rings. The predicted molar refractivity (Wildman–Crippen MR) is 95.8 cm³/mol. The van der Waals surface area contributed by atoms with Crippen LogP contribution in [0, 0.1) is 5.92 Å². The molecule has 2 bridgehead atoms. The molecule has 2 aliphatic heterocycles. The Hall–Kier alpha value is -2.96. The van der Waals surface area contributed by atoms with Gasteiger partial charge in [0.2, 0.25) is 11.7 Å². The largest absolute Gasteiger partial charge is 0.342 e. The van der Waals surface area contributed by atoms with E-state index in [9.17, 15) is 9.59 Å². The third-order valence-electron chi connectivity index (χ3n) is 5.58. The molecule has 7 heteroatoms. The van der Waals surface area contributed by atoms with E-state index >= 15 is 0 Å². The van der Waals surface area contributed by atoms with E-state index in [4.69, 9.17) is 0 Å². The van der Waals surface area contributed by atoms with Crippen LogP contribution in [0.3, 0.4) is 0 Å². The molecule has 3 aromatic heterocycles. The molecule has 0 N–H and O–H groups in total. The molecule has 0 aliphatic carbocycles. The zero-order chi connectivity index (χ0) is 17.8. The Morgan fingerprint density at radius 2 is 2.04 bits per heavy atom. The normalized spacial score (nSPS) is 21.7. The molecule has 0 aromatic carbocycles. The van der Waals surface area contributed by atoms with Crippen molar-refractivity contribution in [3.8, 4) is 11.1 Å². The van der Waals surface area contributed by atoms with Gasteiger partial charge in [0.25, 0.3) is 5.56 Å². The van der Waals surface area contributed by atoms with Crippen LogP contribution in [0.4, 0.5) is 0 Å². The average molecular weight is 349 g/mol. The maximum absolute atomic E-state index is 12.8. The fraction of sp³-hybridized carbons (Fsp3) is 0.368. The van der Waals surface area contributed by atoms with Crippen molar-refractivity contribution in [2.24, 2.45) is 5.92 Å². The second-order valence-corrected chi connectivity index (χ2v) is 7.32. The maximum Gasteiger partial charge on any atom is 0.251 e. The summed E-state index contributed by atoms with van der Waals surface area (Å²) in [6, 6.07) is 3.78. The number of rotatable bonds is 1.